The largest absolute Gasteiger partial charge is 0.399 e. The second-order valence-corrected chi connectivity index (χ2v) is 15.7. The average molecular weight is 651 g/mol. The van der Waals surface area contributed by atoms with Gasteiger partial charge in [-0.05, 0) is 67.5 Å². The van der Waals surface area contributed by atoms with E-state index in [0.29, 0.717) is 42.5 Å². The van der Waals surface area contributed by atoms with E-state index in [2.05, 4.69) is 10.3 Å². The van der Waals surface area contributed by atoms with Crippen molar-refractivity contribution >= 4 is 58.1 Å². The van der Waals surface area contributed by atoms with Gasteiger partial charge in [-0.1, -0.05) is 6.07 Å². The smallest absolute Gasteiger partial charge is 0.340 e. The van der Waals surface area contributed by atoms with Gasteiger partial charge in [0.05, 0.1) is 9.88 Å². The number of likely N-dealkylation sites (tertiary alicyclic amines) is 1. The molecule has 1 saturated carbocycles. The van der Waals surface area contributed by atoms with Crippen molar-refractivity contribution < 1.29 is 37.5 Å². The molecular formula is C28H29F2N4O6PS2. The number of aromatic nitrogens is 1. The number of carbonyl (C=O) groups is 3. The van der Waals surface area contributed by atoms with Gasteiger partial charge in [-0.25, -0.2) is 4.98 Å². The topological polar surface area (TPSA) is 140 Å². The van der Waals surface area contributed by atoms with Crippen molar-refractivity contribution in [1.29, 1.82) is 0 Å². The van der Waals surface area contributed by atoms with Gasteiger partial charge in [-0.15, -0.1) is 22.7 Å². The van der Waals surface area contributed by atoms with Crippen LogP contribution in [0.25, 0.3) is 10.1 Å². The Morgan fingerprint density at radius 3 is 2.58 bits per heavy atom. The van der Waals surface area contributed by atoms with Crippen LogP contribution < -0.4 is 5.32 Å². The molecule has 1 aliphatic carbocycles. The Morgan fingerprint density at radius 1 is 1.09 bits per heavy atom. The number of alkyl halides is 2. The number of nitrogens with one attached hydrogen (secondary N) is 1. The van der Waals surface area contributed by atoms with Crippen LogP contribution in [-0.4, -0.2) is 73.5 Å². The fraction of sp³-hybridized carbons (Fsp3) is 0.500. The number of hydrogen-bond donors (Lipinski definition) is 3. The van der Waals surface area contributed by atoms with Crippen molar-refractivity contribution in [2.24, 2.45) is 11.8 Å². The number of thiophene rings is 1. The lowest BCUT2D eigenvalue weighted by Crippen LogP contribution is -2.59. The first-order valence-electron chi connectivity index (χ1n) is 14.2. The summed E-state index contributed by atoms with van der Waals surface area (Å²) in [6.45, 7) is 1.16. The molecule has 5 atom stereocenters. The van der Waals surface area contributed by atoms with Gasteiger partial charge in [0, 0.05) is 46.9 Å². The summed E-state index contributed by atoms with van der Waals surface area (Å²) in [6, 6.07) is 3.15. The predicted octanol–water partition coefficient (Wildman–Crippen LogP) is 4.10. The van der Waals surface area contributed by atoms with E-state index in [1.54, 1.807) is 27.3 Å². The van der Waals surface area contributed by atoms with E-state index in [1.165, 1.54) is 12.1 Å². The lowest BCUT2D eigenvalue weighted by atomic mass is 9.98. The first-order chi connectivity index (χ1) is 20.4. The van der Waals surface area contributed by atoms with E-state index in [4.69, 9.17) is 9.79 Å². The van der Waals surface area contributed by atoms with E-state index in [1.807, 2.05) is 5.38 Å². The molecule has 3 aromatic rings. The molecule has 4 aliphatic rings. The van der Waals surface area contributed by atoms with Crippen LogP contribution in [-0.2, 0) is 19.8 Å². The van der Waals surface area contributed by atoms with Gasteiger partial charge in [0.2, 0.25) is 11.8 Å². The molecule has 43 heavy (non-hydrogen) atoms. The molecule has 7 rings (SSSR count). The Labute approximate surface area is 253 Å². The maximum absolute atomic E-state index is 14.3. The summed E-state index contributed by atoms with van der Waals surface area (Å²) in [7, 11) is -5.74. The average Bonchev–Trinajstić information content (AvgIpc) is 3.34. The van der Waals surface area contributed by atoms with Crippen molar-refractivity contribution in [2.45, 2.75) is 61.8 Å². The summed E-state index contributed by atoms with van der Waals surface area (Å²) in [6.07, 6.45) is 5.39. The molecule has 3 aliphatic heterocycles. The van der Waals surface area contributed by atoms with Gasteiger partial charge < -0.3 is 24.9 Å². The number of rotatable bonds is 6. The quantitative estimate of drug-likeness (QED) is 0.342. The highest BCUT2D eigenvalue weighted by Gasteiger charge is 2.53. The summed E-state index contributed by atoms with van der Waals surface area (Å²) < 4.78 is 40.3. The van der Waals surface area contributed by atoms with Crippen LogP contribution in [0.3, 0.4) is 0 Å². The molecule has 5 heterocycles. The van der Waals surface area contributed by atoms with Crippen LogP contribution >= 0.6 is 30.3 Å². The van der Waals surface area contributed by atoms with E-state index < -0.39 is 36.8 Å². The lowest BCUT2D eigenvalue weighted by Gasteiger charge is -2.42. The first kappa shape index (κ1) is 29.0. The van der Waals surface area contributed by atoms with Crippen LogP contribution in [0.1, 0.15) is 58.3 Å². The third-order valence-corrected chi connectivity index (χ3v) is 12.3. The van der Waals surface area contributed by atoms with Crippen LogP contribution in [0.4, 0.5) is 8.78 Å². The lowest BCUT2D eigenvalue weighted by molar-refractivity contribution is -0.149. The molecule has 4 fully saturated rings. The third kappa shape index (κ3) is 5.10. The minimum atomic E-state index is -5.74. The standard InChI is InChI=1S/C28H29F2N4O6PS2/c29-28(30,41(38,39)40)18-1-4-22-16(8-18)11-23(43-22)24(35)32-20-10-15-7-14(15)9-19-2-3-21(34(19)26(20)36)27(37)33-12-17(13-33)25-31-5-6-42-25/h1,4-6,8,11,14-15,17,19-21H,2-3,7,9-10,12-13H2,(H,32,35)(H2,38,39,40)/t14-,15+,19-,20+,21+/m1/s1. The molecular weight excluding hydrogens is 621 g/mol. The molecule has 3 N–H and O–H groups in total. The van der Waals surface area contributed by atoms with Crippen LogP contribution in [0.5, 0.6) is 0 Å². The van der Waals surface area contributed by atoms with Gasteiger partial charge in [0.15, 0.2) is 0 Å². The molecule has 1 aromatic carbocycles. The molecule has 228 valence electrons. The minimum absolute atomic E-state index is 0.0503. The highest BCUT2D eigenvalue weighted by molar-refractivity contribution is 7.52. The zero-order valence-corrected chi connectivity index (χ0v) is 25.3. The van der Waals surface area contributed by atoms with Crippen LogP contribution in [0, 0.1) is 11.8 Å². The molecule has 0 spiro atoms. The van der Waals surface area contributed by atoms with Gasteiger partial charge in [0.1, 0.15) is 12.1 Å². The van der Waals surface area contributed by atoms with Crippen molar-refractivity contribution in [3.8, 4) is 0 Å². The number of benzene rings is 1. The summed E-state index contributed by atoms with van der Waals surface area (Å²) >= 11 is 2.61. The van der Waals surface area contributed by atoms with E-state index in [9.17, 15) is 27.7 Å². The number of halogens is 2. The second-order valence-electron chi connectivity index (χ2n) is 12.0. The van der Waals surface area contributed by atoms with Gasteiger partial charge in [-0.3, -0.25) is 18.9 Å². The normalized spacial score (nSPS) is 27.7. The van der Waals surface area contributed by atoms with E-state index in [0.717, 1.165) is 47.7 Å². The van der Waals surface area contributed by atoms with Gasteiger partial charge >= 0.3 is 13.3 Å². The number of hydrogen-bond acceptors (Lipinski definition) is 7. The molecule has 10 nitrogen and oxygen atoms in total. The Hall–Kier alpha value is -2.77. The molecule has 0 radical (unpaired) electrons. The zero-order valence-electron chi connectivity index (χ0n) is 22.8. The first-order valence-corrected chi connectivity index (χ1v) is 17.5. The van der Waals surface area contributed by atoms with Crippen molar-refractivity contribution in [2.75, 3.05) is 13.1 Å². The maximum atomic E-state index is 14.3. The van der Waals surface area contributed by atoms with E-state index in [-0.39, 0.29) is 34.0 Å². The summed E-state index contributed by atoms with van der Waals surface area (Å²) in [5.41, 5.74) is -5.21. The zero-order chi connectivity index (χ0) is 30.3. The molecule has 15 heteroatoms. The maximum Gasteiger partial charge on any atom is 0.399 e. The number of carbonyl (C=O) groups excluding carboxylic acids is 3. The fourth-order valence-corrected chi connectivity index (χ4v) is 8.98. The van der Waals surface area contributed by atoms with Gasteiger partial charge in [-0.2, -0.15) is 8.78 Å². The Kier molecular flexibility index (Phi) is 7.01. The predicted molar refractivity (Wildman–Crippen MR) is 155 cm³/mol. The third-order valence-electron chi connectivity index (χ3n) is 9.27. The molecule has 0 bridgehead atoms. The monoisotopic (exact) mass is 650 g/mol. The van der Waals surface area contributed by atoms with E-state index >= 15 is 0 Å². The summed E-state index contributed by atoms with van der Waals surface area (Å²) in [4.78, 5) is 67.2. The number of thiazole rings is 1. The molecule has 0 unspecified atom stereocenters. The summed E-state index contributed by atoms with van der Waals surface area (Å²) in [5, 5.41) is 6.03. The molecule has 2 aromatic heterocycles. The van der Waals surface area contributed by atoms with Crippen LogP contribution in [0.15, 0.2) is 35.8 Å². The molecule has 3 saturated heterocycles. The number of amides is 3. The fourth-order valence-electron chi connectivity index (χ4n) is 6.83. The minimum Gasteiger partial charge on any atom is -0.340 e. The van der Waals surface area contributed by atoms with Crippen LogP contribution in [0.2, 0.25) is 0 Å². The van der Waals surface area contributed by atoms with Crippen molar-refractivity contribution in [3.63, 3.8) is 0 Å². The Balaban J connectivity index is 1.08. The SMILES string of the molecule is O=C(N[C@H]1C[C@@H]2C[C@@H]2C[C@H]2CC[C@@H](C(=O)N3CC(c4nccs4)C3)N2C1=O)c1cc2cc(C(F)(F)P(=O)(O)O)ccc2s1. The highest BCUT2D eigenvalue weighted by Crippen LogP contribution is 2.59. The second kappa shape index (κ2) is 10.4. The molecule has 3 amide bonds. The number of nitrogens with zero attached hydrogens (tertiary/aromatic N) is 3. The van der Waals surface area contributed by atoms with Crippen molar-refractivity contribution in [1.82, 2.24) is 20.1 Å². The highest BCUT2D eigenvalue weighted by atomic mass is 32.1. The van der Waals surface area contributed by atoms with Gasteiger partial charge in [0.25, 0.3) is 5.91 Å². The van der Waals surface area contributed by atoms with Crippen molar-refractivity contribution in [3.05, 3.63) is 51.3 Å². The Morgan fingerprint density at radius 2 is 1.86 bits per heavy atom. The Bertz CT molecular complexity index is 1660. The number of fused-ring (bicyclic) bond motifs is 3. The summed E-state index contributed by atoms with van der Waals surface area (Å²) in [5.74, 6) is 0.124.